The second kappa shape index (κ2) is 11.9. The monoisotopic (exact) mass is 495 g/mol. The van der Waals surface area contributed by atoms with Crippen LogP contribution in [0.4, 0.5) is 4.39 Å². The number of nitrogens with zero attached hydrogens (tertiary/aromatic N) is 2. The lowest BCUT2D eigenvalue weighted by Crippen LogP contribution is -2.43. The molecule has 0 radical (unpaired) electrons. The van der Waals surface area contributed by atoms with Gasteiger partial charge in [-0.2, -0.15) is 0 Å². The topological polar surface area (TPSA) is 61.9 Å². The summed E-state index contributed by atoms with van der Waals surface area (Å²) in [7, 11) is 3.93. The maximum Gasteiger partial charge on any atom is 0.261 e. The van der Waals surface area contributed by atoms with Crippen molar-refractivity contribution in [3.05, 3.63) is 65.0 Å². The van der Waals surface area contributed by atoms with E-state index in [0.717, 1.165) is 55.3 Å². The molecule has 2 amide bonds. The smallest absolute Gasteiger partial charge is 0.261 e. The average molecular weight is 496 g/mol. The lowest BCUT2D eigenvalue weighted by Gasteiger charge is -2.39. The third kappa shape index (κ3) is 6.06. The van der Waals surface area contributed by atoms with Gasteiger partial charge in [0, 0.05) is 25.6 Å². The van der Waals surface area contributed by atoms with Gasteiger partial charge < -0.3 is 19.9 Å². The first-order valence-electron chi connectivity index (χ1n) is 13.1. The number of likely N-dealkylation sites (N-methyl/N-ethyl adjacent to an activating group) is 1. The van der Waals surface area contributed by atoms with Crippen molar-refractivity contribution < 1.29 is 18.7 Å². The Morgan fingerprint density at radius 2 is 1.86 bits per heavy atom. The zero-order valence-electron chi connectivity index (χ0n) is 21.6. The third-order valence-corrected chi connectivity index (χ3v) is 7.32. The minimum atomic E-state index is -0.603. The Morgan fingerprint density at radius 3 is 2.53 bits per heavy atom. The third-order valence-electron chi connectivity index (χ3n) is 7.32. The summed E-state index contributed by atoms with van der Waals surface area (Å²) in [5, 5.41) is 2.95. The van der Waals surface area contributed by atoms with Crippen molar-refractivity contribution in [2.24, 2.45) is 5.92 Å². The molecule has 7 heteroatoms. The van der Waals surface area contributed by atoms with Gasteiger partial charge in [0.05, 0.1) is 6.04 Å². The zero-order chi connectivity index (χ0) is 25.7. The van der Waals surface area contributed by atoms with Crippen LogP contribution in [0.5, 0.6) is 5.75 Å². The summed E-state index contributed by atoms with van der Waals surface area (Å²) in [5.74, 6) is 0.414. The maximum absolute atomic E-state index is 13.8. The van der Waals surface area contributed by atoms with Gasteiger partial charge in [0.1, 0.15) is 11.6 Å². The predicted octanol–water partition coefficient (Wildman–Crippen LogP) is 4.33. The summed E-state index contributed by atoms with van der Waals surface area (Å²) in [6, 6.07) is 12.0. The van der Waals surface area contributed by atoms with E-state index in [9.17, 15) is 14.0 Å². The molecule has 1 fully saturated rings. The van der Waals surface area contributed by atoms with Crippen molar-refractivity contribution in [3.63, 3.8) is 0 Å². The van der Waals surface area contributed by atoms with Crippen LogP contribution in [0.25, 0.3) is 0 Å². The summed E-state index contributed by atoms with van der Waals surface area (Å²) in [5.41, 5.74) is 3.02. The highest BCUT2D eigenvalue weighted by molar-refractivity contribution is 5.81. The number of carbonyl (C=O) groups excluding carboxylic acids is 2. The van der Waals surface area contributed by atoms with E-state index >= 15 is 0 Å². The maximum atomic E-state index is 13.8. The molecule has 0 unspecified atom stereocenters. The molecule has 1 N–H and O–H groups in total. The molecule has 1 heterocycles. The lowest BCUT2D eigenvalue weighted by atomic mass is 9.87. The van der Waals surface area contributed by atoms with Crippen LogP contribution in [-0.2, 0) is 16.0 Å². The summed E-state index contributed by atoms with van der Waals surface area (Å²) in [4.78, 5) is 30.3. The molecule has 0 aromatic heterocycles. The van der Waals surface area contributed by atoms with E-state index in [1.165, 1.54) is 12.1 Å². The molecular weight excluding hydrogens is 457 g/mol. The van der Waals surface area contributed by atoms with Gasteiger partial charge >= 0.3 is 0 Å². The molecule has 2 atom stereocenters. The first kappa shape index (κ1) is 26.1. The molecule has 2 aromatic rings. The highest BCUT2D eigenvalue weighted by Crippen LogP contribution is 2.40. The molecule has 1 aliphatic heterocycles. The molecule has 0 bridgehead atoms. The number of rotatable bonds is 9. The minimum absolute atomic E-state index is 0.0595. The lowest BCUT2D eigenvalue weighted by molar-refractivity contribution is -0.137. The molecule has 194 valence electrons. The number of ether oxygens (including phenoxy) is 1. The molecule has 1 saturated carbocycles. The molecule has 1 aliphatic carbocycles. The number of halogens is 1. The van der Waals surface area contributed by atoms with Crippen molar-refractivity contribution in [3.8, 4) is 5.75 Å². The molecule has 2 aromatic carbocycles. The van der Waals surface area contributed by atoms with Gasteiger partial charge in [-0.05, 0) is 80.7 Å². The number of hydrogen-bond acceptors (Lipinski definition) is 4. The number of carbonyl (C=O) groups is 2. The van der Waals surface area contributed by atoms with Crippen LogP contribution in [0.1, 0.15) is 61.8 Å². The first-order valence-corrected chi connectivity index (χ1v) is 13.1. The minimum Gasteiger partial charge on any atom is -0.481 e. The quantitative estimate of drug-likeness (QED) is 0.563. The van der Waals surface area contributed by atoms with Crippen molar-refractivity contribution in [2.45, 2.75) is 57.6 Å². The van der Waals surface area contributed by atoms with E-state index in [2.05, 4.69) is 5.32 Å². The highest BCUT2D eigenvalue weighted by Gasteiger charge is 2.36. The standard InChI is InChI=1S/C29H38FN3O3/c1-4-26(28(34)31-16-18-32(2)3)36-24-14-11-20-15-17-33(29(35)22-7-5-6-8-22)27(25(20)19-24)21-9-12-23(30)13-10-21/h9-14,19,22,26-27H,4-8,15-18H2,1-3H3,(H,31,34)/t26-,27+/m1/s1. The number of amides is 2. The number of fused-ring (bicyclic) bond motifs is 1. The van der Waals surface area contributed by atoms with Crippen LogP contribution in [0.3, 0.4) is 0 Å². The fraction of sp³-hybridized carbons (Fsp3) is 0.517. The van der Waals surface area contributed by atoms with Crippen LogP contribution in [0.15, 0.2) is 42.5 Å². The summed E-state index contributed by atoms with van der Waals surface area (Å²) < 4.78 is 19.9. The van der Waals surface area contributed by atoms with Crippen molar-refractivity contribution in [1.82, 2.24) is 15.1 Å². The Morgan fingerprint density at radius 1 is 1.14 bits per heavy atom. The van der Waals surface area contributed by atoms with Gasteiger partial charge in [-0.25, -0.2) is 4.39 Å². The largest absolute Gasteiger partial charge is 0.481 e. The Bertz CT molecular complexity index is 1050. The molecule has 0 saturated heterocycles. The van der Waals surface area contributed by atoms with E-state index in [-0.39, 0.29) is 29.6 Å². The van der Waals surface area contributed by atoms with E-state index in [0.29, 0.717) is 25.3 Å². The van der Waals surface area contributed by atoms with Crippen LogP contribution >= 0.6 is 0 Å². The van der Waals surface area contributed by atoms with Gasteiger partial charge in [-0.3, -0.25) is 9.59 Å². The number of nitrogens with one attached hydrogen (secondary N) is 1. The molecule has 0 spiro atoms. The van der Waals surface area contributed by atoms with Crippen molar-refractivity contribution >= 4 is 11.8 Å². The van der Waals surface area contributed by atoms with Crippen LogP contribution in [-0.4, -0.2) is 61.4 Å². The van der Waals surface area contributed by atoms with Gasteiger partial charge in [-0.1, -0.05) is 38.0 Å². The van der Waals surface area contributed by atoms with Gasteiger partial charge in [0.2, 0.25) is 5.91 Å². The Hall–Kier alpha value is -2.93. The van der Waals surface area contributed by atoms with Crippen LogP contribution in [0, 0.1) is 11.7 Å². The van der Waals surface area contributed by atoms with Crippen molar-refractivity contribution in [1.29, 1.82) is 0 Å². The molecular formula is C29H38FN3O3. The zero-order valence-corrected chi connectivity index (χ0v) is 21.6. The average Bonchev–Trinajstić information content (AvgIpc) is 3.41. The predicted molar refractivity (Wildman–Crippen MR) is 138 cm³/mol. The summed E-state index contributed by atoms with van der Waals surface area (Å²) in [6.07, 6.45) is 4.75. The number of hydrogen-bond donors (Lipinski definition) is 1. The number of benzene rings is 2. The van der Waals surface area contributed by atoms with E-state index in [1.54, 1.807) is 12.1 Å². The van der Waals surface area contributed by atoms with Gasteiger partial charge in [0.25, 0.3) is 5.91 Å². The highest BCUT2D eigenvalue weighted by atomic mass is 19.1. The second-order valence-corrected chi connectivity index (χ2v) is 10.2. The fourth-order valence-electron chi connectivity index (χ4n) is 5.32. The van der Waals surface area contributed by atoms with E-state index in [4.69, 9.17) is 4.74 Å². The van der Waals surface area contributed by atoms with Crippen LogP contribution < -0.4 is 10.1 Å². The Labute approximate surface area is 213 Å². The van der Waals surface area contributed by atoms with Crippen molar-refractivity contribution in [2.75, 3.05) is 33.7 Å². The fourth-order valence-corrected chi connectivity index (χ4v) is 5.32. The Balaban J connectivity index is 1.61. The second-order valence-electron chi connectivity index (χ2n) is 10.2. The van der Waals surface area contributed by atoms with Gasteiger partial charge in [-0.15, -0.1) is 0 Å². The molecule has 4 rings (SSSR count). The summed E-state index contributed by atoms with van der Waals surface area (Å²) in [6.45, 7) is 3.88. The molecule has 6 nitrogen and oxygen atoms in total. The summed E-state index contributed by atoms with van der Waals surface area (Å²) >= 11 is 0. The van der Waals surface area contributed by atoms with Crippen LogP contribution in [0.2, 0.25) is 0 Å². The SMILES string of the molecule is CC[C@@H](Oc1ccc2c(c1)[C@H](c1ccc(F)cc1)N(C(=O)C1CCCC1)CC2)C(=O)NCCN(C)C. The van der Waals surface area contributed by atoms with Gasteiger partial charge in [0.15, 0.2) is 6.10 Å². The molecule has 2 aliphatic rings. The van der Waals surface area contributed by atoms with E-state index < -0.39 is 6.10 Å². The van der Waals surface area contributed by atoms with E-state index in [1.807, 2.05) is 49.0 Å². The normalized spacial score (nSPS) is 18.7. The first-order chi connectivity index (χ1) is 17.4. The molecule has 36 heavy (non-hydrogen) atoms. The Kier molecular flexibility index (Phi) is 8.62.